The second kappa shape index (κ2) is 6.64. The molecule has 2 rings (SSSR count). The van der Waals surface area contributed by atoms with Gasteiger partial charge in [-0.05, 0) is 12.8 Å². The molecule has 1 aromatic heterocycles. The predicted molar refractivity (Wildman–Crippen MR) is 68.5 cm³/mol. The average Bonchev–Trinajstić information content (AvgIpc) is 3.06. The zero-order valence-electron chi connectivity index (χ0n) is 10.9. The normalized spacial score (nSPS) is 14.4. The largest absolute Gasteiger partial charge is 0.348 e. The van der Waals surface area contributed by atoms with E-state index in [1.807, 2.05) is 0 Å². The quantitative estimate of drug-likeness (QED) is 0.465. The Kier molecular flexibility index (Phi) is 4.64. The Morgan fingerprint density at radius 3 is 2.90 bits per heavy atom. The molecule has 0 unspecified atom stereocenters. The summed E-state index contributed by atoms with van der Waals surface area (Å²) >= 11 is 0. The molecule has 9 nitrogen and oxygen atoms in total. The van der Waals surface area contributed by atoms with E-state index in [0.29, 0.717) is 25.9 Å². The molecule has 3 N–H and O–H groups in total. The Balaban J connectivity index is 1.62. The minimum atomic E-state index is -0.806. The molecule has 1 aromatic rings. The van der Waals surface area contributed by atoms with Crippen LogP contribution in [0.2, 0.25) is 0 Å². The molecule has 1 saturated heterocycles. The topological polar surface area (TPSA) is 120 Å². The average molecular weight is 280 g/mol. The van der Waals surface area contributed by atoms with Crippen LogP contribution in [-0.2, 0) is 14.4 Å². The van der Waals surface area contributed by atoms with E-state index >= 15 is 0 Å². The maximum atomic E-state index is 11.5. The number of carbonyl (C=O) groups excluding carboxylic acids is 3. The lowest BCUT2D eigenvalue weighted by Gasteiger charge is -2.15. The van der Waals surface area contributed by atoms with E-state index in [9.17, 15) is 14.4 Å². The van der Waals surface area contributed by atoms with Crippen LogP contribution in [0, 0.1) is 0 Å². The smallest absolute Gasteiger partial charge is 0.316 e. The van der Waals surface area contributed by atoms with Gasteiger partial charge < -0.3 is 10.2 Å². The lowest BCUT2D eigenvalue weighted by Crippen LogP contribution is -2.37. The first-order chi connectivity index (χ1) is 9.66. The molecule has 9 heteroatoms. The van der Waals surface area contributed by atoms with Gasteiger partial charge in [0.05, 0.1) is 0 Å². The Bertz CT molecular complexity index is 486. The van der Waals surface area contributed by atoms with Gasteiger partial charge in [0.1, 0.15) is 6.33 Å². The molecule has 0 aliphatic carbocycles. The Morgan fingerprint density at radius 1 is 1.40 bits per heavy atom. The first kappa shape index (κ1) is 14.0. The third-order valence-electron chi connectivity index (χ3n) is 2.91. The maximum absolute atomic E-state index is 11.5. The van der Waals surface area contributed by atoms with Crippen molar-refractivity contribution in [3.63, 3.8) is 0 Å². The number of aromatic amines is 1. The van der Waals surface area contributed by atoms with Crippen LogP contribution in [0.3, 0.4) is 0 Å². The van der Waals surface area contributed by atoms with Gasteiger partial charge in [-0.1, -0.05) is 0 Å². The first-order valence-electron chi connectivity index (χ1n) is 6.39. The van der Waals surface area contributed by atoms with Crippen molar-refractivity contribution in [2.75, 3.05) is 25.0 Å². The highest BCUT2D eigenvalue weighted by atomic mass is 16.2. The fraction of sp³-hybridized carbons (Fsp3) is 0.545. The van der Waals surface area contributed by atoms with Gasteiger partial charge in [0.2, 0.25) is 11.9 Å². The van der Waals surface area contributed by atoms with Crippen LogP contribution in [-0.4, -0.2) is 57.4 Å². The van der Waals surface area contributed by atoms with Crippen LogP contribution < -0.4 is 10.6 Å². The number of hydrogen-bond acceptors (Lipinski definition) is 5. The van der Waals surface area contributed by atoms with Gasteiger partial charge in [-0.2, -0.15) is 10.1 Å². The first-order valence-corrected chi connectivity index (χ1v) is 6.39. The molecule has 2 heterocycles. The summed E-state index contributed by atoms with van der Waals surface area (Å²) in [5.41, 5.74) is 0. The van der Waals surface area contributed by atoms with E-state index in [2.05, 4.69) is 25.8 Å². The van der Waals surface area contributed by atoms with Gasteiger partial charge in [-0.25, -0.2) is 5.10 Å². The molecule has 108 valence electrons. The summed E-state index contributed by atoms with van der Waals surface area (Å²) in [6.45, 7) is 1.72. The summed E-state index contributed by atoms with van der Waals surface area (Å²) < 4.78 is 0. The van der Waals surface area contributed by atoms with Crippen LogP contribution in [0.4, 0.5) is 5.95 Å². The fourth-order valence-corrected chi connectivity index (χ4v) is 1.92. The van der Waals surface area contributed by atoms with E-state index in [1.54, 1.807) is 4.90 Å². The van der Waals surface area contributed by atoms with Crippen LogP contribution in [0.15, 0.2) is 6.33 Å². The molecule has 1 fully saturated rings. The molecule has 0 saturated carbocycles. The molecule has 1 aliphatic rings. The van der Waals surface area contributed by atoms with Gasteiger partial charge in [0.25, 0.3) is 0 Å². The SMILES string of the molecule is O=C(NCCCN1CCCC1=O)C(=O)Nc1ncn[nH]1. The number of likely N-dealkylation sites (tertiary alicyclic amines) is 1. The van der Waals surface area contributed by atoms with Gasteiger partial charge in [-0.15, -0.1) is 0 Å². The molecule has 0 radical (unpaired) electrons. The van der Waals surface area contributed by atoms with Crippen molar-refractivity contribution in [3.8, 4) is 0 Å². The van der Waals surface area contributed by atoms with E-state index in [-0.39, 0.29) is 11.9 Å². The van der Waals surface area contributed by atoms with Crippen molar-refractivity contribution >= 4 is 23.7 Å². The predicted octanol–water partition coefficient (Wildman–Crippen LogP) is -1.13. The number of H-pyrrole nitrogens is 1. The van der Waals surface area contributed by atoms with Crippen molar-refractivity contribution in [3.05, 3.63) is 6.33 Å². The van der Waals surface area contributed by atoms with E-state index in [1.165, 1.54) is 6.33 Å². The highest BCUT2D eigenvalue weighted by Gasteiger charge is 2.19. The van der Waals surface area contributed by atoms with Gasteiger partial charge in [0.15, 0.2) is 0 Å². The van der Waals surface area contributed by atoms with Crippen LogP contribution in [0.25, 0.3) is 0 Å². The van der Waals surface area contributed by atoms with Crippen molar-refractivity contribution in [2.24, 2.45) is 0 Å². The number of nitrogens with zero attached hydrogens (tertiary/aromatic N) is 3. The van der Waals surface area contributed by atoms with Crippen LogP contribution in [0.1, 0.15) is 19.3 Å². The van der Waals surface area contributed by atoms with Crippen molar-refractivity contribution in [1.82, 2.24) is 25.4 Å². The Labute approximate surface area is 115 Å². The number of anilines is 1. The molecule has 0 spiro atoms. The number of nitrogens with one attached hydrogen (secondary N) is 3. The molecule has 0 bridgehead atoms. The minimum absolute atomic E-state index is 0.118. The Morgan fingerprint density at radius 2 is 2.25 bits per heavy atom. The number of carbonyl (C=O) groups is 3. The summed E-state index contributed by atoms with van der Waals surface area (Å²) in [5.74, 6) is -1.28. The number of hydrogen-bond donors (Lipinski definition) is 3. The fourth-order valence-electron chi connectivity index (χ4n) is 1.92. The van der Waals surface area contributed by atoms with Crippen molar-refractivity contribution in [1.29, 1.82) is 0 Å². The third kappa shape index (κ3) is 3.77. The van der Waals surface area contributed by atoms with Gasteiger partial charge in [0, 0.05) is 26.1 Å². The highest BCUT2D eigenvalue weighted by Crippen LogP contribution is 2.09. The molecular formula is C11H16N6O3. The molecule has 0 atom stereocenters. The molecule has 0 aromatic carbocycles. The monoisotopic (exact) mass is 280 g/mol. The zero-order chi connectivity index (χ0) is 14.4. The zero-order valence-corrected chi connectivity index (χ0v) is 10.9. The van der Waals surface area contributed by atoms with Gasteiger partial charge in [-0.3, -0.25) is 19.7 Å². The van der Waals surface area contributed by atoms with Crippen LogP contribution >= 0.6 is 0 Å². The lowest BCUT2D eigenvalue weighted by atomic mass is 10.3. The van der Waals surface area contributed by atoms with E-state index in [4.69, 9.17) is 0 Å². The summed E-state index contributed by atoms with van der Waals surface area (Å²) in [7, 11) is 0. The van der Waals surface area contributed by atoms with E-state index < -0.39 is 11.8 Å². The van der Waals surface area contributed by atoms with Crippen molar-refractivity contribution < 1.29 is 14.4 Å². The summed E-state index contributed by atoms with van der Waals surface area (Å²) in [6, 6.07) is 0. The summed E-state index contributed by atoms with van der Waals surface area (Å²) in [5, 5.41) is 10.7. The molecular weight excluding hydrogens is 264 g/mol. The highest BCUT2D eigenvalue weighted by molar-refractivity contribution is 6.39. The second-order valence-corrected chi connectivity index (χ2v) is 4.38. The lowest BCUT2D eigenvalue weighted by molar-refractivity contribution is -0.136. The standard InChI is InChI=1S/C11H16N6O3/c18-8-3-1-5-17(8)6-2-4-12-9(19)10(20)15-11-13-7-14-16-11/h7H,1-6H2,(H,12,19)(H2,13,14,15,16,20). The second-order valence-electron chi connectivity index (χ2n) is 4.38. The van der Waals surface area contributed by atoms with E-state index in [0.717, 1.165) is 13.0 Å². The van der Waals surface area contributed by atoms with Crippen LogP contribution in [0.5, 0.6) is 0 Å². The number of aromatic nitrogens is 3. The van der Waals surface area contributed by atoms with Gasteiger partial charge >= 0.3 is 11.8 Å². The Hall–Kier alpha value is -2.45. The molecule has 20 heavy (non-hydrogen) atoms. The maximum Gasteiger partial charge on any atom is 0.316 e. The number of amides is 3. The summed E-state index contributed by atoms with van der Waals surface area (Å²) in [6.07, 6.45) is 3.34. The third-order valence-corrected chi connectivity index (χ3v) is 2.91. The molecule has 1 aliphatic heterocycles. The number of rotatable bonds is 5. The van der Waals surface area contributed by atoms with Crippen molar-refractivity contribution in [2.45, 2.75) is 19.3 Å². The minimum Gasteiger partial charge on any atom is -0.348 e. The summed E-state index contributed by atoms with van der Waals surface area (Å²) in [4.78, 5) is 39.7. The molecule has 3 amide bonds.